The molecule has 5 nitrogen and oxygen atoms in total. The summed E-state index contributed by atoms with van der Waals surface area (Å²) in [6.07, 6.45) is 0.213. The summed E-state index contributed by atoms with van der Waals surface area (Å²) in [6, 6.07) is 20.1. The molecule has 4 rings (SSSR count). The number of aryl methyl sites for hydroxylation is 1. The van der Waals surface area contributed by atoms with Crippen molar-refractivity contribution in [1.82, 2.24) is 4.90 Å². The highest BCUT2D eigenvalue weighted by Crippen LogP contribution is 2.27. The number of hydrogen-bond acceptors (Lipinski definition) is 3. The summed E-state index contributed by atoms with van der Waals surface area (Å²) in [6.45, 7) is 1.83. The van der Waals surface area contributed by atoms with Gasteiger partial charge in [-0.3, -0.25) is 19.3 Å². The fraction of sp³-hybridized carbons (Fsp3) is 0.125. The topological polar surface area (TPSA) is 66.5 Å². The van der Waals surface area contributed by atoms with Gasteiger partial charge in [0, 0.05) is 17.1 Å². The molecule has 0 bridgehead atoms. The highest BCUT2D eigenvalue weighted by molar-refractivity contribution is 6.30. The molecule has 0 spiro atoms. The van der Waals surface area contributed by atoms with Crippen LogP contribution in [0, 0.1) is 6.92 Å². The molecule has 0 fully saturated rings. The second-order valence-electron chi connectivity index (χ2n) is 7.18. The van der Waals surface area contributed by atoms with Gasteiger partial charge in [0.15, 0.2) is 0 Å². The molecule has 0 aliphatic carbocycles. The number of fused-ring (bicyclic) bond motifs is 1. The second kappa shape index (κ2) is 8.13. The number of halogens is 1. The van der Waals surface area contributed by atoms with Crippen molar-refractivity contribution < 1.29 is 14.4 Å². The van der Waals surface area contributed by atoms with E-state index in [0.717, 1.165) is 16.0 Å². The van der Waals surface area contributed by atoms with Crippen molar-refractivity contribution >= 4 is 35.0 Å². The molecule has 0 aromatic heterocycles. The molecule has 0 saturated carbocycles. The molecule has 30 heavy (non-hydrogen) atoms. The average Bonchev–Trinajstić information content (AvgIpc) is 3.00. The Labute approximate surface area is 179 Å². The molecule has 3 aromatic rings. The Kier molecular flexibility index (Phi) is 5.38. The maximum Gasteiger partial charge on any atom is 0.262 e. The van der Waals surface area contributed by atoms with Crippen LogP contribution < -0.4 is 5.32 Å². The third-order valence-electron chi connectivity index (χ3n) is 5.16. The van der Waals surface area contributed by atoms with E-state index in [4.69, 9.17) is 11.6 Å². The molecule has 0 saturated heterocycles. The molecular formula is C24H19ClN2O3. The van der Waals surface area contributed by atoms with E-state index in [0.29, 0.717) is 21.8 Å². The van der Waals surface area contributed by atoms with Crippen molar-refractivity contribution in [1.29, 1.82) is 0 Å². The molecule has 3 aromatic carbocycles. The first-order chi connectivity index (χ1) is 14.5. The number of anilines is 1. The number of amides is 3. The van der Waals surface area contributed by atoms with Crippen LogP contribution in [0.15, 0.2) is 72.8 Å². The summed E-state index contributed by atoms with van der Waals surface area (Å²) < 4.78 is 0. The highest BCUT2D eigenvalue weighted by atomic mass is 35.5. The highest BCUT2D eigenvalue weighted by Gasteiger charge is 2.42. The predicted molar refractivity (Wildman–Crippen MR) is 116 cm³/mol. The minimum absolute atomic E-state index is 0.213. The van der Waals surface area contributed by atoms with Crippen molar-refractivity contribution in [3.8, 4) is 0 Å². The van der Waals surface area contributed by atoms with E-state index in [1.54, 1.807) is 42.5 Å². The van der Waals surface area contributed by atoms with Gasteiger partial charge in [-0.05, 0) is 48.4 Å². The standard InChI is InChI=1S/C24H19ClN2O3/c1-15-13-17(25)11-12-20(15)26-22(28)21(14-16-7-3-2-4-8-16)27-23(29)18-9-5-6-10-19(18)24(27)30/h2-13,21H,14H2,1H3,(H,26,28). The zero-order valence-electron chi connectivity index (χ0n) is 16.3. The van der Waals surface area contributed by atoms with Crippen molar-refractivity contribution in [2.75, 3.05) is 5.32 Å². The normalized spacial score (nSPS) is 13.9. The number of carbonyl (C=O) groups excluding carboxylic acids is 3. The maximum absolute atomic E-state index is 13.3. The van der Waals surface area contributed by atoms with E-state index in [9.17, 15) is 14.4 Å². The van der Waals surface area contributed by atoms with Crippen molar-refractivity contribution in [2.24, 2.45) is 0 Å². The average molecular weight is 419 g/mol. The Morgan fingerprint density at radius 1 is 0.933 bits per heavy atom. The first-order valence-corrected chi connectivity index (χ1v) is 9.91. The smallest absolute Gasteiger partial charge is 0.262 e. The Balaban J connectivity index is 1.69. The van der Waals surface area contributed by atoms with Crippen molar-refractivity contribution in [3.63, 3.8) is 0 Å². The minimum Gasteiger partial charge on any atom is -0.324 e. The van der Waals surface area contributed by atoms with Crippen LogP contribution in [-0.4, -0.2) is 28.7 Å². The van der Waals surface area contributed by atoms with Crippen LogP contribution in [0.5, 0.6) is 0 Å². The van der Waals surface area contributed by atoms with Crippen molar-refractivity contribution in [2.45, 2.75) is 19.4 Å². The van der Waals surface area contributed by atoms with E-state index in [1.807, 2.05) is 37.3 Å². The predicted octanol–water partition coefficient (Wildman–Crippen LogP) is 4.49. The molecule has 1 heterocycles. The zero-order valence-corrected chi connectivity index (χ0v) is 17.0. The quantitative estimate of drug-likeness (QED) is 0.620. The molecule has 1 aliphatic heterocycles. The number of imide groups is 1. The van der Waals surface area contributed by atoms with Crippen LogP contribution in [0.2, 0.25) is 5.02 Å². The fourth-order valence-corrected chi connectivity index (χ4v) is 3.84. The Bertz CT molecular complexity index is 1110. The van der Waals surface area contributed by atoms with Gasteiger partial charge < -0.3 is 5.32 Å². The number of nitrogens with one attached hydrogen (secondary N) is 1. The van der Waals surface area contributed by atoms with E-state index in [-0.39, 0.29) is 6.42 Å². The maximum atomic E-state index is 13.3. The summed E-state index contributed by atoms with van der Waals surface area (Å²) in [5.41, 5.74) is 2.85. The number of hydrogen-bond donors (Lipinski definition) is 1. The van der Waals surface area contributed by atoms with E-state index in [1.165, 1.54) is 0 Å². The lowest BCUT2D eigenvalue weighted by Gasteiger charge is -2.26. The number of nitrogens with zero attached hydrogens (tertiary/aromatic N) is 1. The van der Waals surface area contributed by atoms with Gasteiger partial charge in [0.1, 0.15) is 6.04 Å². The first kappa shape index (κ1) is 19.9. The number of carbonyl (C=O) groups is 3. The number of rotatable bonds is 5. The lowest BCUT2D eigenvalue weighted by Crippen LogP contribution is -2.48. The van der Waals surface area contributed by atoms with Crippen LogP contribution in [0.25, 0.3) is 0 Å². The molecule has 150 valence electrons. The second-order valence-corrected chi connectivity index (χ2v) is 7.62. The van der Waals surface area contributed by atoms with Crippen LogP contribution >= 0.6 is 11.6 Å². The Morgan fingerprint density at radius 2 is 1.53 bits per heavy atom. The number of benzene rings is 3. The van der Waals surface area contributed by atoms with Crippen LogP contribution in [0.4, 0.5) is 5.69 Å². The van der Waals surface area contributed by atoms with Crippen LogP contribution in [0.3, 0.4) is 0 Å². The van der Waals surface area contributed by atoms with Gasteiger partial charge in [0.2, 0.25) is 5.91 Å². The lowest BCUT2D eigenvalue weighted by molar-refractivity contribution is -0.119. The largest absolute Gasteiger partial charge is 0.324 e. The Hall–Kier alpha value is -3.44. The van der Waals surface area contributed by atoms with E-state index < -0.39 is 23.8 Å². The molecule has 6 heteroatoms. The summed E-state index contributed by atoms with van der Waals surface area (Å²) >= 11 is 6.01. The molecule has 3 amide bonds. The van der Waals surface area contributed by atoms with E-state index >= 15 is 0 Å². The van der Waals surface area contributed by atoms with Crippen LogP contribution in [0.1, 0.15) is 31.8 Å². The molecule has 1 aliphatic rings. The third-order valence-corrected chi connectivity index (χ3v) is 5.39. The molecule has 1 atom stereocenters. The SMILES string of the molecule is Cc1cc(Cl)ccc1NC(=O)C(Cc1ccccc1)N1C(=O)c2ccccc2C1=O. The monoisotopic (exact) mass is 418 g/mol. The fourth-order valence-electron chi connectivity index (χ4n) is 3.61. The molecule has 1 N–H and O–H groups in total. The molecule has 0 radical (unpaired) electrons. The first-order valence-electron chi connectivity index (χ1n) is 9.53. The molecular weight excluding hydrogens is 400 g/mol. The van der Waals surface area contributed by atoms with Gasteiger partial charge in [-0.1, -0.05) is 54.1 Å². The lowest BCUT2D eigenvalue weighted by atomic mass is 10.0. The Morgan fingerprint density at radius 3 is 2.13 bits per heavy atom. The third kappa shape index (κ3) is 3.72. The van der Waals surface area contributed by atoms with Crippen molar-refractivity contribution in [3.05, 3.63) is 100 Å². The van der Waals surface area contributed by atoms with Gasteiger partial charge in [-0.2, -0.15) is 0 Å². The van der Waals surface area contributed by atoms with Crippen LogP contribution in [-0.2, 0) is 11.2 Å². The van der Waals surface area contributed by atoms with Gasteiger partial charge in [0.05, 0.1) is 11.1 Å². The van der Waals surface area contributed by atoms with Gasteiger partial charge in [-0.15, -0.1) is 0 Å². The van der Waals surface area contributed by atoms with Gasteiger partial charge in [0.25, 0.3) is 11.8 Å². The molecule has 1 unspecified atom stereocenters. The zero-order chi connectivity index (χ0) is 21.3. The summed E-state index contributed by atoms with van der Waals surface area (Å²) in [4.78, 5) is 40.4. The summed E-state index contributed by atoms with van der Waals surface area (Å²) in [7, 11) is 0. The summed E-state index contributed by atoms with van der Waals surface area (Å²) in [5.74, 6) is -1.35. The van der Waals surface area contributed by atoms with E-state index in [2.05, 4.69) is 5.32 Å². The van der Waals surface area contributed by atoms with Gasteiger partial charge in [-0.25, -0.2) is 0 Å². The minimum atomic E-state index is -0.991. The van der Waals surface area contributed by atoms with Gasteiger partial charge >= 0.3 is 0 Å². The summed E-state index contributed by atoms with van der Waals surface area (Å²) in [5, 5.41) is 3.42.